The number of aromatic hydroxyl groups is 1. The third-order valence-corrected chi connectivity index (χ3v) is 3.25. The van der Waals surface area contributed by atoms with E-state index in [4.69, 9.17) is 16.3 Å². The van der Waals surface area contributed by atoms with Gasteiger partial charge in [0.2, 0.25) is 0 Å². The highest BCUT2D eigenvalue weighted by molar-refractivity contribution is 6.32. The van der Waals surface area contributed by atoms with E-state index in [9.17, 15) is 9.90 Å². The van der Waals surface area contributed by atoms with E-state index in [1.54, 1.807) is 26.3 Å². The summed E-state index contributed by atoms with van der Waals surface area (Å²) in [6, 6.07) is 11.6. The second kappa shape index (κ2) is 5.84. The standard InChI is InChI=1S/C15H14ClNO3/c1-17(12-5-3-4-6-14(12)20-2)15(19)10-7-8-13(18)11(16)9-10/h3-9,18H,1-2H3. The SMILES string of the molecule is COc1ccccc1N(C)C(=O)c1ccc(O)c(Cl)c1. The first-order chi connectivity index (χ1) is 9.54. The number of carbonyl (C=O) groups excluding carboxylic acids is 1. The van der Waals surface area contributed by atoms with Crippen molar-refractivity contribution < 1.29 is 14.6 Å². The number of ether oxygens (including phenoxy) is 1. The molecule has 1 N–H and O–H groups in total. The van der Waals surface area contributed by atoms with E-state index >= 15 is 0 Å². The van der Waals surface area contributed by atoms with Gasteiger partial charge in [-0.15, -0.1) is 0 Å². The highest BCUT2D eigenvalue weighted by Crippen LogP contribution is 2.29. The van der Waals surface area contributed by atoms with Gasteiger partial charge in [0, 0.05) is 12.6 Å². The first-order valence-electron chi connectivity index (χ1n) is 5.94. The number of hydrogen-bond donors (Lipinski definition) is 1. The van der Waals surface area contributed by atoms with Crippen molar-refractivity contribution >= 4 is 23.2 Å². The van der Waals surface area contributed by atoms with Gasteiger partial charge >= 0.3 is 0 Å². The van der Waals surface area contributed by atoms with E-state index in [0.29, 0.717) is 17.0 Å². The molecule has 0 spiro atoms. The summed E-state index contributed by atoms with van der Waals surface area (Å²) in [5.74, 6) is 0.313. The number of carbonyl (C=O) groups is 1. The van der Waals surface area contributed by atoms with Gasteiger partial charge in [-0.3, -0.25) is 4.79 Å². The molecule has 5 heteroatoms. The van der Waals surface area contributed by atoms with Gasteiger partial charge in [-0.2, -0.15) is 0 Å². The van der Waals surface area contributed by atoms with Crippen LogP contribution in [0.3, 0.4) is 0 Å². The van der Waals surface area contributed by atoms with Gasteiger partial charge in [0.25, 0.3) is 5.91 Å². The Morgan fingerprint density at radius 1 is 1.25 bits per heavy atom. The zero-order valence-electron chi connectivity index (χ0n) is 11.1. The van der Waals surface area contributed by atoms with Gasteiger partial charge in [0.05, 0.1) is 17.8 Å². The van der Waals surface area contributed by atoms with E-state index in [1.165, 1.54) is 23.1 Å². The maximum Gasteiger partial charge on any atom is 0.258 e. The average Bonchev–Trinajstić information content (AvgIpc) is 2.48. The molecule has 0 atom stereocenters. The van der Waals surface area contributed by atoms with Crippen molar-refractivity contribution in [3.63, 3.8) is 0 Å². The first kappa shape index (κ1) is 14.2. The molecule has 0 saturated carbocycles. The summed E-state index contributed by atoms with van der Waals surface area (Å²) in [7, 11) is 3.20. The molecule has 0 unspecified atom stereocenters. The Morgan fingerprint density at radius 2 is 1.95 bits per heavy atom. The highest BCUT2D eigenvalue weighted by Gasteiger charge is 2.17. The summed E-state index contributed by atoms with van der Waals surface area (Å²) < 4.78 is 5.24. The predicted octanol–water partition coefficient (Wildman–Crippen LogP) is 3.33. The van der Waals surface area contributed by atoms with E-state index in [1.807, 2.05) is 12.1 Å². The molecule has 104 valence electrons. The zero-order valence-corrected chi connectivity index (χ0v) is 11.9. The number of phenols is 1. The van der Waals surface area contributed by atoms with Crippen LogP contribution in [0.2, 0.25) is 5.02 Å². The normalized spacial score (nSPS) is 10.2. The van der Waals surface area contributed by atoms with Crippen molar-refractivity contribution in [3.05, 3.63) is 53.1 Å². The van der Waals surface area contributed by atoms with Gasteiger partial charge in [0.1, 0.15) is 11.5 Å². The molecule has 0 heterocycles. The number of amides is 1. The highest BCUT2D eigenvalue weighted by atomic mass is 35.5. The van der Waals surface area contributed by atoms with Crippen LogP contribution in [0.15, 0.2) is 42.5 Å². The molecule has 1 amide bonds. The zero-order chi connectivity index (χ0) is 14.7. The van der Waals surface area contributed by atoms with Gasteiger partial charge in [0.15, 0.2) is 0 Å². The summed E-state index contributed by atoms with van der Waals surface area (Å²) in [4.78, 5) is 13.9. The fourth-order valence-electron chi connectivity index (χ4n) is 1.85. The number of nitrogens with zero attached hydrogens (tertiary/aromatic N) is 1. The molecule has 2 rings (SSSR count). The average molecular weight is 292 g/mol. The predicted molar refractivity (Wildman–Crippen MR) is 78.8 cm³/mol. The minimum Gasteiger partial charge on any atom is -0.506 e. The van der Waals surface area contributed by atoms with Crippen LogP contribution in [0.4, 0.5) is 5.69 Å². The minimum atomic E-state index is -0.239. The molecule has 2 aromatic carbocycles. The van der Waals surface area contributed by atoms with Crippen molar-refractivity contribution in [2.45, 2.75) is 0 Å². The Labute approximate surface area is 122 Å². The molecule has 0 aliphatic rings. The number of anilines is 1. The molecule has 0 radical (unpaired) electrons. The second-order valence-electron chi connectivity index (χ2n) is 4.20. The fourth-order valence-corrected chi connectivity index (χ4v) is 2.03. The van der Waals surface area contributed by atoms with Crippen LogP contribution in [-0.2, 0) is 0 Å². The monoisotopic (exact) mass is 291 g/mol. The molecule has 4 nitrogen and oxygen atoms in total. The van der Waals surface area contributed by atoms with E-state index in [-0.39, 0.29) is 16.7 Å². The maximum atomic E-state index is 12.4. The Balaban J connectivity index is 2.34. The van der Waals surface area contributed by atoms with Crippen LogP contribution in [0, 0.1) is 0 Å². The Hall–Kier alpha value is -2.20. The lowest BCUT2D eigenvalue weighted by Crippen LogP contribution is -2.26. The summed E-state index contributed by atoms with van der Waals surface area (Å²) in [5, 5.41) is 9.53. The van der Waals surface area contributed by atoms with Crippen molar-refractivity contribution in [3.8, 4) is 11.5 Å². The molecule has 0 saturated heterocycles. The van der Waals surface area contributed by atoms with Crippen LogP contribution in [0.25, 0.3) is 0 Å². The van der Waals surface area contributed by atoms with Crippen LogP contribution < -0.4 is 9.64 Å². The Kier molecular flexibility index (Phi) is 4.15. The van der Waals surface area contributed by atoms with Crippen molar-refractivity contribution in [1.29, 1.82) is 0 Å². The lowest BCUT2D eigenvalue weighted by Gasteiger charge is -2.20. The van der Waals surface area contributed by atoms with Crippen molar-refractivity contribution in [2.24, 2.45) is 0 Å². The molecule has 0 aliphatic carbocycles. The van der Waals surface area contributed by atoms with Gasteiger partial charge in [-0.05, 0) is 30.3 Å². The van der Waals surface area contributed by atoms with Gasteiger partial charge in [-0.1, -0.05) is 23.7 Å². The molecule has 0 aliphatic heterocycles. The number of methoxy groups -OCH3 is 1. The quantitative estimate of drug-likeness (QED) is 0.943. The molecule has 20 heavy (non-hydrogen) atoms. The number of benzene rings is 2. The number of hydrogen-bond acceptors (Lipinski definition) is 3. The van der Waals surface area contributed by atoms with E-state index in [0.717, 1.165) is 0 Å². The molecule has 0 aromatic heterocycles. The lowest BCUT2D eigenvalue weighted by atomic mass is 10.1. The van der Waals surface area contributed by atoms with Crippen LogP contribution >= 0.6 is 11.6 Å². The fraction of sp³-hybridized carbons (Fsp3) is 0.133. The molecule has 0 fully saturated rings. The molecular weight excluding hydrogens is 278 g/mol. The summed E-state index contributed by atoms with van der Waals surface area (Å²) in [6.45, 7) is 0. The van der Waals surface area contributed by atoms with Crippen molar-refractivity contribution in [1.82, 2.24) is 0 Å². The second-order valence-corrected chi connectivity index (χ2v) is 4.61. The van der Waals surface area contributed by atoms with Gasteiger partial charge in [-0.25, -0.2) is 0 Å². The molecule has 2 aromatic rings. The van der Waals surface area contributed by atoms with E-state index in [2.05, 4.69) is 0 Å². The number of para-hydroxylation sites is 2. The molecule has 0 bridgehead atoms. The minimum absolute atomic E-state index is 0.0526. The summed E-state index contributed by atoms with van der Waals surface area (Å²) >= 11 is 5.82. The largest absolute Gasteiger partial charge is 0.506 e. The first-order valence-corrected chi connectivity index (χ1v) is 6.32. The van der Waals surface area contributed by atoms with Crippen LogP contribution in [-0.4, -0.2) is 25.2 Å². The Bertz CT molecular complexity index is 643. The number of rotatable bonds is 3. The maximum absolute atomic E-state index is 12.4. The third-order valence-electron chi connectivity index (χ3n) is 2.95. The Morgan fingerprint density at radius 3 is 2.60 bits per heavy atom. The van der Waals surface area contributed by atoms with Crippen LogP contribution in [0.5, 0.6) is 11.5 Å². The summed E-state index contributed by atoms with van der Waals surface area (Å²) in [6.07, 6.45) is 0. The topological polar surface area (TPSA) is 49.8 Å². The van der Waals surface area contributed by atoms with Gasteiger partial charge < -0.3 is 14.7 Å². The smallest absolute Gasteiger partial charge is 0.258 e. The summed E-state index contributed by atoms with van der Waals surface area (Å²) in [5.41, 5.74) is 1.05. The van der Waals surface area contributed by atoms with Crippen molar-refractivity contribution in [2.75, 3.05) is 19.1 Å². The van der Waals surface area contributed by atoms with E-state index < -0.39 is 0 Å². The molecular formula is C15H14ClNO3. The third kappa shape index (κ3) is 2.70. The lowest BCUT2D eigenvalue weighted by molar-refractivity contribution is 0.0992. The number of halogens is 1. The number of phenolic OH excluding ortho intramolecular Hbond substituents is 1. The van der Waals surface area contributed by atoms with Crippen LogP contribution in [0.1, 0.15) is 10.4 Å².